The van der Waals surface area contributed by atoms with Crippen molar-refractivity contribution in [2.24, 2.45) is 0 Å². The lowest BCUT2D eigenvalue weighted by Gasteiger charge is -2.35. The molecule has 7 heteroatoms. The number of nitrogens with zero attached hydrogens (tertiary/aromatic N) is 2. The molecular weight excluding hydrogens is 361 g/mol. The summed E-state index contributed by atoms with van der Waals surface area (Å²) in [6.07, 6.45) is 0. The lowest BCUT2D eigenvalue weighted by atomic mass is 10.2. The van der Waals surface area contributed by atoms with E-state index in [9.17, 15) is 14.0 Å². The highest BCUT2D eigenvalue weighted by atomic mass is 19.1. The monoisotopic (exact) mass is 385 g/mol. The quantitative estimate of drug-likeness (QED) is 0.860. The first-order valence-corrected chi connectivity index (χ1v) is 9.22. The molecule has 0 aliphatic carbocycles. The Morgan fingerprint density at radius 3 is 2.36 bits per heavy atom. The molecule has 2 aromatic carbocycles. The van der Waals surface area contributed by atoms with Crippen LogP contribution < -0.4 is 15.0 Å². The first-order valence-electron chi connectivity index (χ1n) is 9.22. The third-order valence-corrected chi connectivity index (χ3v) is 4.75. The second-order valence-electron chi connectivity index (χ2n) is 6.79. The number of aryl methyl sites for hydroxylation is 1. The summed E-state index contributed by atoms with van der Waals surface area (Å²) in [5, 5.41) is 2.61. The van der Waals surface area contributed by atoms with Crippen LogP contribution >= 0.6 is 0 Å². The molecule has 28 heavy (non-hydrogen) atoms. The number of carbonyl (C=O) groups is 2. The smallest absolute Gasteiger partial charge is 0.262 e. The van der Waals surface area contributed by atoms with Gasteiger partial charge in [-0.05, 0) is 48.9 Å². The minimum atomic E-state index is -0.363. The van der Waals surface area contributed by atoms with Gasteiger partial charge in [0.2, 0.25) is 5.91 Å². The minimum absolute atomic E-state index is 0.107. The topological polar surface area (TPSA) is 61.9 Å². The maximum Gasteiger partial charge on any atom is 0.262 e. The highest BCUT2D eigenvalue weighted by Gasteiger charge is 2.18. The molecule has 1 saturated heterocycles. The van der Waals surface area contributed by atoms with Gasteiger partial charge in [0.05, 0.1) is 0 Å². The molecule has 2 aromatic rings. The number of rotatable bonds is 5. The number of piperazine rings is 1. The van der Waals surface area contributed by atoms with Crippen LogP contribution in [0.15, 0.2) is 42.5 Å². The van der Waals surface area contributed by atoms with Gasteiger partial charge in [-0.1, -0.05) is 6.07 Å². The molecule has 1 aliphatic heterocycles. The summed E-state index contributed by atoms with van der Waals surface area (Å²) in [7, 11) is 0. The normalized spacial score (nSPS) is 14.0. The molecule has 1 N–H and O–H groups in total. The maximum atomic E-state index is 13.5. The van der Waals surface area contributed by atoms with Crippen LogP contribution in [0, 0.1) is 12.7 Å². The summed E-state index contributed by atoms with van der Waals surface area (Å²) in [5.41, 5.74) is 1.98. The second-order valence-corrected chi connectivity index (χ2v) is 6.79. The van der Waals surface area contributed by atoms with Crippen LogP contribution in [-0.2, 0) is 9.59 Å². The highest BCUT2D eigenvalue weighted by Crippen LogP contribution is 2.21. The summed E-state index contributed by atoms with van der Waals surface area (Å²) >= 11 is 0. The summed E-state index contributed by atoms with van der Waals surface area (Å²) in [6.45, 7) is 6.10. The number of nitrogens with one attached hydrogen (secondary N) is 1. The Balaban J connectivity index is 1.48. The molecule has 0 unspecified atom stereocenters. The van der Waals surface area contributed by atoms with Crippen LogP contribution in [-0.4, -0.2) is 49.5 Å². The molecule has 6 nitrogen and oxygen atoms in total. The van der Waals surface area contributed by atoms with Gasteiger partial charge < -0.3 is 19.9 Å². The van der Waals surface area contributed by atoms with Gasteiger partial charge in [0, 0.05) is 44.5 Å². The van der Waals surface area contributed by atoms with E-state index in [0.717, 1.165) is 18.8 Å². The van der Waals surface area contributed by atoms with Crippen molar-refractivity contribution in [3.8, 4) is 5.75 Å². The predicted molar refractivity (Wildman–Crippen MR) is 106 cm³/mol. The lowest BCUT2D eigenvalue weighted by Crippen LogP contribution is -2.48. The average Bonchev–Trinajstić information content (AvgIpc) is 2.70. The first kappa shape index (κ1) is 19.7. The Labute approximate surface area is 163 Å². The first-order chi connectivity index (χ1) is 13.4. The SMILES string of the molecule is CC(=O)N1CCN(c2ccc(OCC(=O)Nc3ccc(C)c(F)c3)cc2)CC1. The van der Waals surface area contributed by atoms with E-state index in [0.29, 0.717) is 30.1 Å². The summed E-state index contributed by atoms with van der Waals surface area (Å²) < 4.78 is 19.0. The molecular formula is C21H24FN3O3. The molecule has 1 fully saturated rings. The van der Waals surface area contributed by atoms with Crippen molar-refractivity contribution >= 4 is 23.2 Å². The van der Waals surface area contributed by atoms with Crippen molar-refractivity contribution < 1.29 is 18.7 Å². The van der Waals surface area contributed by atoms with Crippen LogP contribution in [0.1, 0.15) is 12.5 Å². The van der Waals surface area contributed by atoms with Gasteiger partial charge in [0.15, 0.2) is 6.61 Å². The number of halogens is 1. The van der Waals surface area contributed by atoms with Crippen LogP contribution in [0.4, 0.5) is 15.8 Å². The van der Waals surface area contributed by atoms with E-state index in [1.54, 1.807) is 26.0 Å². The zero-order chi connectivity index (χ0) is 20.1. The van der Waals surface area contributed by atoms with Crippen molar-refractivity contribution in [2.75, 3.05) is 43.0 Å². The van der Waals surface area contributed by atoms with Crippen LogP contribution in [0.25, 0.3) is 0 Å². The Morgan fingerprint density at radius 2 is 1.75 bits per heavy atom. The van der Waals surface area contributed by atoms with Gasteiger partial charge in [-0.3, -0.25) is 9.59 Å². The van der Waals surface area contributed by atoms with E-state index in [-0.39, 0.29) is 24.2 Å². The van der Waals surface area contributed by atoms with Crippen molar-refractivity contribution in [3.63, 3.8) is 0 Å². The third-order valence-electron chi connectivity index (χ3n) is 4.75. The number of amides is 2. The van der Waals surface area contributed by atoms with Crippen LogP contribution in [0.3, 0.4) is 0 Å². The van der Waals surface area contributed by atoms with Gasteiger partial charge in [0.25, 0.3) is 5.91 Å². The number of benzene rings is 2. The number of hydrogen-bond donors (Lipinski definition) is 1. The van der Waals surface area contributed by atoms with Crippen LogP contribution in [0.2, 0.25) is 0 Å². The molecule has 1 heterocycles. The Morgan fingerprint density at radius 1 is 1.07 bits per heavy atom. The van der Waals surface area contributed by atoms with Gasteiger partial charge >= 0.3 is 0 Å². The van der Waals surface area contributed by atoms with E-state index in [2.05, 4.69) is 10.2 Å². The molecule has 0 aromatic heterocycles. The van der Waals surface area contributed by atoms with Gasteiger partial charge in [0.1, 0.15) is 11.6 Å². The van der Waals surface area contributed by atoms with E-state index in [1.165, 1.54) is 6.07 Å². The Hall–Kier alpha value is -3.09. The zero-order valence-electron chi connectivity index (χ0n) is 16.1. The van der Waals surface area contributed by atoms with Crippen molar-refractivity contribution in [1.29, 1.82) is 0 Å². The largest absolute Gasteiger partial charge is 0.484 e. The fourth-order valence-electron chi connectivity index (χ4n) is 3.05. The predicted octanol–water partition coefficient (Wildman–Crippen LogP) is 2.82. The van der Waals surface area contributed by atoms with Gasteiger partial charge in [-0.15, -0.1) is 0 Å². The van der Waals surface area contributed by atoms with Crippen molar-refractivity contribution in [3.05, 3.63) is 53.8 Å². The number of ether oxygens (including phenoxy) is 1. The molecule has 0 spiro atoms. The number of carbonyl (C=O) groups excluding carboxylic acids is 2. The van der Waals surface area contributed by atoms with E-state index >= 15 is 0 Å². The summed E-state index contributed by atoms with van der Waals surface area (Å²) in [4.78, 5) is 27.4. The number of hydrogen-bond acceptors (Lipinski definition) is 4. The summed E-state index contributed by atoms with van der Waals surface area (Å²) in [6, 6.07) is 12.0. The van der Waals surface area contributed by atoms with E-state index < -0.39 is 0 Å². The number of anilines is 2. The third kappa shape index (κ3) is 5.00. The molecule has 0 saturated carbocycles. The molecule has 2 amide bonds. The van der Waals surface area contributed by atoms with E-state index in [4.69, 9.17) is 4.74 Å². The zero-order valence-corrected chi connectivity index (χ0v) is 16.1. The van der Waals surface area contributed by atoms with Crippen molar-refractivity contribution in [2.45, 2.75) is 13.8 Å². The lowest BCUT2D eigenvalue weighted by molar-refractivity contribution is -0.129. The van der Waals surface area contributed by atoms with E-state index in [1.807, 2.05) is 29.2 Å². The molecule has 148 valence electrons. The minimum Gasteiger partial charge on any atom is -0.484 e. The molecule has 0 bridgehead atoms. The molecule has 0 radical (unpaired) electrons. The molecule has 0 atom stereocenters. The summed E-state index contributed by atoms with van der Waals surface area (Å²) in [5.74, 6) is -0.0301. The Kier molecular flexibility index (Phi) is 6.13. The van der Waals surface area contributed by atoms with Crippen molar-refractivity contribution in [1.82, 2.24) is 4.90 Å². The van der Waals surface area contributed by atoms with Gasteiger partial charge in [-0.25, -0.2) is 4.39 Å². The molecule has 3 rings (SSSR count). The Bertz CT molecular complexity index is 846. The average molecular weight is 385 g/mol. The fraction of sp³-hybridized carbons (Fsp3) is 0.333. The molecule has 1 aliphatic rings. The van der Waals surface area contributed by atoms with Gasteiger partial charge in [-0.2, -0.15) is 0 Å². The fourth-order valence-corrected chi connectivity index (χ4v) is 3.05. The highest BCUT2D eigenvalue weighted by molar-refractivity contribution is 5.91. The second kappa shape index (κ2) is 8.73. The van der Waals surface area contributed by atoms with Crippen LogP contribution in [0.5, 0.6) is 5.75 Å². The maximum absolute atomic E-state index is 13.5. The standard InChI is InChI=1S/C21H24FN3O3/c1-15-3-4-17(13-20(15)22)23-21(27)14-28-19-7-5-18(6-8-19)25-11-9-24(10-12-25)16(2)26/h3-8,13H,9-12,14H2,1-2H3,(H,23,27).